The van der Waals surface area contributed by atoms with E-state index in [9.17, 15) is 0 Å². The number of nitrogens with one attached hydrogen (secondary N) is 2. The minimum absolute atomic E-state index is 0.0763. The maximum absolute atomic E-state index is 4.46. The van der Waals surface area contributed by atoms with Crippen molar-refractivity contribution < 1.29 is 0 Å². The van der Waals surface area contributed by atoms with Gasteiger partial charge in [0.1, 0.15) is 12.2 Å². The van der Waals surface area contributed by atoms with E-state index in [2.05, 4.69) is 69.0 Å². The van der Waals surface area contributed by atoms with Crippen LogP contribution in [-0.2, 0) is 25.8 Å². The van der Waals surface area contributed by atoms with Crippen molar-refractivity contribution >= 4 is 5.96 Å². The number of benzene rings is 1. The first-order valence-corrected chi connectivity index (χ1v) is 9.68. The molecule has 2 aliphatic rings. The lowest BCUT2D eigenvalue weighted by atomic mass is 9.94. The van der Waals surface area contributed by atoms with Crippen molar-refractivity contribution in [3.8, 4) is 0 Å². The summed E-state index contributed by atoms with van der Waals surface area (Å²) in [6.07, 6.45) is 5.76. The summed E-state index contributed by atoms with van der Waals surface area (Å²) in [5.74, 6) is 1.94. The number of aromatic nitrogens is 3. The van der Waals surface area contributed by atoms with Gasteiger partial charge in [0.2, 0.25) is 0 Å². The zero-order valence-corrected chi connectivity index (χ0v) is 16.4. The molecule has 0 bridgehead atoms. The van der Waals surface area contributed by atoms with Crippen LogP contribution in [-0.4, -0.2) is 64.9 Å². The fourth-order valence-electron chi connectivity index (χ4n) is 4.26. The van der Waals surface area contributed by atoms with E-state index in [1.54, 1.807) is 6.33 Å². The predicted molar refractivity (Wildman–Crippen MR) is 107 cm³/mol. The first kappa shape index (κ1) is 18.0. The maximum Gasteiger partial charge on any atom is 0.191 e. The highest BCUT2D eigenvalue weighted by atomic mass is 15.4. The molecule has 1 aliphatic carbocycles. The molecule has 2 aromatic rings. The molecule has 7 nitrogen and oxygen atoms in total. The van der Waals surface area contributed by atoms with E-state index >= 15 is 0 Å². The third-order valence-electron chi connectivity index (χ3n) is 6.06. The molecule has 1 unspecified atom stereocenters. The Bertz CT molecular complexity index is 798. The summed E-state index contributed by atoms with van der Waals surface area (Å²) in [5.41, 5.74) is 3.00. The van der Waals surface area contributed by atoms with E-state index in [1.165, 1.54) is 11.1 Å². The number of aliphatic imine (C=N–C) groups is 1. The Morgan fingerprint density at radius 1 is 1.30 bits per heavy atom. The second kappa shape index (κ2) is 7.31. The van der Waals surface area contributed by atoms with Gasteiger partial charge in [-0.25, -0.2) is 9.67 Å². The largest absolute Gasteiger partial charge is 0.355 e. The molecule has 7 heteroatoms. The van der Waals surface area contributed by atoms with Crippen LogP contribution in [0.25, 0.3) is 0 Å². The van der Waals surface area contributed by atoms with Gasteiger partial charge in [-0.3, -0.25) is 4.99 Å². The second-order valence-corrected chi connectivity index (χ2v) is 7.91. The van der Waals surface area contributed by atoms with Crippen molar-refractivity contribution in [3.63, 3.8) is 0 Å². The predicted octanol–water partition coefficient (Wildman–Crippen LogP) is 0.857. The Morgan fingerprint density at radius 2 is 2.04 bits per heavy atom. The van der Waals surface area contributed by atoms with Crippen LogP contribution >= 0.6 is 0 Å². The quantitative estimate of drug-likeness (QED) is 0.620. The second-order valence-electron chi connectivity index (χ2n) is 7.91. The van der Waals surface area contributed by atoms with Gasteiger partial charge in [-0.1, -0.05) is 24.3 Å². The molecule has 2 heterocycles. The molecule has 144 valence electrons. The summed E-state index contributed by atoms with van der Waals surface area (Å²) in [4.78, 5) is 11.1. The van der Waals surface area contributed by atoms with Crippen molar-refractivity contribution in [1.29, 1.82) is 0 Å². The van der Waals surface area contributed by atoms with Gasteiger partial charge < -0.3 is 15.5 Å². The highest BCUT2D eigenvalue weighted by molar-refractivity contribution is 5.80. The highest BCUT2D eigenvalue weighted by Crippen LogP contribution is 2.33. The molecule has 0 saturated carbocycles. The molecule has 1 aromatic heterocycles. The van der Waals surface area contributed by atoms with Gasteiger partial charge in [-0.15, -0.1) is 0 Å². The Morgan fingerprint density at radius 3 is 2.70 bits per heavy atom. The average molecular weight is 368 g/mol. The lowest BCUT2D eigenvalue weighted by Crippen LogP contribution is -2.56. The number of hydrogen-bond donors (Lipinski definition) is 2. The van der Waals surface area contributed by atoms with Crippen molar-refractivity contribution in [1.82, 2.24) is 30.3 Å². The molecule has 1 aromatic carbocycles. The van der Waals surface area contributed by atoms with E-state index in [1.807, 2.05) is 11.7 Å². The van der Waals surface area contributed by atoms with Crippen LogP contribution in [0.15, 0.2) is 35.6 Å². The molecule has 0 radical (unpaired) electrons. The SMILES string of the molecule is CN=C(NCC1(N(C)C)Cc2ccccc2C1)NC1CCc2ncnn2C1. The van der Waals surface area contributed by atoms with Crippen LogP contribution in [0.2, 0.25) is 0 Å². The van der Waals surface area contributed by atoms with Crippen LogP contribution in [0.5, 0.6) is 0 Å². The van der Waals surface area contributed by atoms with Crippen LogP contribution < -0.4 is 10.6 Å². The van der Waals surface area contributed by atoms with E-state index in [0.717, 1.165) is 50.6 Å². The normalized spacial score (nSPS) is 21.0. The number of guanidine groups is 1. The summed E-state index contributed by atoms with van der Waals surface area (Å²) in [6.45, 7) is 1.69. The Labute approximate surface area is 160 Å². The van der Waals surface area contributed by atoms with E-state index in [-0.39, 0.29) is 5.54 Å². The summed E-state index contributed by atoms with van der Waals surface area (Å²) >= 11 is 0. The van der Waals surface area contributed by atoms with Gasteiger partial charge in [-0.05, 0) is 44.5 Å². The number of rotatable bonds is 4. The average Bonchev–Trinajstić information content (AvgIpc) is 3.29. The molecule has 4 rings (SSSR count). The lowest BCUT2D eigenvalue weighted by Gasteiger charge is -2.37. The highest BCUT2D eigenvalue weighted by Gasteiger charge is 2.39. The molecule has 0 spiro atoms. The van der Waals surface area contributed by atoms with Gasteiger partial charge in [0.15, 0.2) is 5.96 Å². The number of hydrogen-bond acceptors (Lipinski definition) is 4. The van der Waals surface area contributed by atoms with Crippen LogP contribution in [0.1, 0.15) is 23.4 Å². The molecule has 1 atom stereocenters. The fourth-order valence-corrected chi connectivity index (χ4v) is 4.26. The van der Waals surface area contributed by atoms with Crippen LogP contribution in [0.4, 0.5) is 0 Å². The van der Waals surface area contributed by atoms with Gasteiger partial charge in [0, 0.05) is 31.6 Å². The molecule has 0 amide bonds. The summed E-state index contributed by atoms with van der Waals surface area (Å²) in [7, 11) is 6.19. The van der Waals surface area contributed by atoms with Gasteiger partial charge in [0.05, 0.1) is 6.54 Å². The van der Waals surface area contributed by atoms with Crippen molar-refractivity contribution in [3.05, 3.63) is 47.5 Å². The van der Waals surface area contributed by atoms with Crippen molar-refractivity contribution in [2.75, 3.05) is 27.7 Å². The third kappa shape index (κ3) is 3.56. The van der Waals surface area contributed by atoms with Crippen LogP contribution in [0, 0.1) is 0 Å². The van der Waals surface area contributed by atoms with Crippen LogP contribution in [0.3, 0.4) is 0 Å². The first-order chi connectivity index (χ1) is 13.1. The zero-order chi connectivity index (χ0) is 18.9. The molecule has 0 saturated heterocycles. The fraction of sp³-hybridized carbons (Fsp3) is 0.550. The zero-order valence-electron chi connectivity index (χ0n) is 16.4. The number of aryl methyl sites for hydroxylation is 1. The number of likely N-dealkylation sites (N-methyl/N-ethyl adjacent to an activating group) is 1. The summed E-state index contributed by atoms with van der Waals surface area (Å²) < 4.78 is 1.99. The van der Waals surface area contributed by atoms with E-state index in [4.69, 9.17) is 0 Å². The van der Waals surface area contributed by atoms with Crippen molar-refractivity contribution in [2.45, 2.75) is 43.8 Å². The summed E-state index contributed by atoms with van der Waals surface area (Å²) in [5, 5.41) is 11.5. The first-order valence-electron chi connectivity index (χ1n) is 9.68. The van der Waals surface area contributed by atoms with Crippen molar-refractivity contribution in [2.24, 2.45) is 4.99 Å². The molecule has 2 N–H and O–H groups in total. The molecular weight excluding hydrogens is 338 g/mol. The maximum atomic E-state index is 4.46. The molecule has 0 fully saturated rings. The minimum atomic E-state index is 0.0763. The smallest absolute Gasteiger partial charge is 0.191 e. The minimum Gasteiger partial charge on any atom is -0.355 e. The number of fused-ring (bicyclic) bond motifs is 2. The Kier molecular flexibility index (Phi) is 4.86. The standard InChI is InChI=1S/C20H29N7/c1-21-19(25-17-8-9-18-23-14-24-27(18)12-17)22-13-20(26(2)3)10-15-6-4-5-7-16(15)11-20/h4-7,14,17H,8-13H2,1-3H3,(H2,21,22,25). The Balaban J connectivity index is 1.39. The molecule has 27 heavy (non-hydrogen) atoms. The monoisotopic (exact) mass is 367 g/mol. The topological polar surface area (TPSA) is 70.4 Å². The Hall–Kier alpha value is -2.41. The van der Waals surface area contributed by atoms with Gasteiger partial charge in [0.25, 0.3) is 0 Å². The van der Waals surface area contributed by atoms with E-state index < -0.39 is 0 Å². The molecule has 1 aliphatic heterocycles. The van der Waals surface area contributed by atoms with Gasteiger partial charge in [-0.2, -0.15) is 5.10 Å². The summed E-state index contributed by atoms with van der Waals surface area (Å²) in [6, 6.07) is 9.11. The molecular formula is C20H29N7. The third-order valence-corrected chi connectivity index (χ3v) is 6.06. The van der Waals surface area contributed by atoms with E-state index in [0.29, 0.717) is 6.04 Å². The van der Waals surface area contributed by atoms with Gasteiger partial charge >= 0.3 is 0 Å². The lowest BCUT2D eigenvalue weighted by molar-refractivity contribution is 0.164. The number of nitrogens with zero attached hydrogens (tertiary/aromatic N) is 5.